The Bertz CT molecular complexity index is 944. The zero-order valence-electron chi connectivity index (χ0n) is 16.5. The molecule has 2 heterocycles. The van der Waals surface area contributed by atoms with Crippen molar-refractivity contribution >= 4 is 27.3 Å². The van der Waals surface area contributed by atoms with Gasteiger partial charge in [0, 0.05) is 38.2 Å². The fraction of sp³-hybridized carbons (Fsp3) is 0.526. The second-order valence-electron chi connectivity index (χ2n) is 7.11. The number of rotatable bonds is 6. The predicted molar refractivity (Wildman–Crippen MR) is 109 cm³/mol. The Labute approximate surface area is 175 Å². The second-order valence-corrected chi connectivity index (χ2v) is 9.05. The van der Waals surface area contributed by atoms with Gasteiger partial charge in [0.15, 0.2) is 0 Å². The van der Waals surface area contributed by atoms with E-state index in [1.165, 1.54) is 16.4 Å². The van der Waals surface area contributed by atoms with Gasteiger partial charge in [0.25, 0.3) is 5.69 Å². The number of piperidine rings is 1. The molecule has 1 aromatic rings. The average Bonchev–Trinajstić information content (AvgIpc) is 2.77. The number of carbonyl (C=O) groups excluding carboxylic acids is 1. The van der Waals surface area contributed by atoms with Gasteiger partial charge < -0.3 is 15.0 Å². The molecule has 3 rings (SSSR count). The molecule has 2 fully saturated rings. The summed E-state index contributed by atoms with van der Waals surface area (Å²) >= 11 is 0. The monoisotopic (exact) mass is 436 g/mol. The molecule has 11 heteroatoms. The van der Waals surface area contributed by atoms with Gasteiger partial charge in [0.2, 0.25) is 15.9 Å². The molecule has 1 aromatic carbocycles. The first-order valence-electron chi connectivity index (χ1n) is 9.67. The molecule has 162 valence electrons. The summed E-state index contributed by atoms with van der Waals surface area (Å²) < 4.78 is 32.1. The standard InChI is InChI=1S/C19H24N4O6S/c1-2-7-20-19(24)15-5-8-21(9-6-15)17-4-3-16(14-18(17)23(25)26)30(27,28)22-10-12-29-13-11-22/h1,3-4,14-15H,5-13H2,(H,20,24). The third-order valence-corrected chi connectivity index (χ3v) is 7.22. The Hall–Kier alpha value is -2.68. The van der Waals surface area contributed by atoms with Crippen molar-refractivity contribution < 1.29 is 22.9 Å². The van der Waals surface area contributed by atoms with Gasteiger partial charge in [-0.3, -0.25) is 14.9 Å². The van der Waals surface area contributed by atoms with Gasteiger partial charge in [-0.25, -0.2) is 8.42 Å². The highest BCUT2D eigenvalue weighted by molar-refractivity contribution is 7.89. The van der Waals surface area contributed by atoms with E-state index in [1.54, 1.807) is 0 Å². The van der Waals surface area contributed by atoms with E-state index in [2.05, 4.69) is 11.2 Å². The molecule has 1 N–H and O–H groups in total. The number of morpholine rings is 1. The summed E-state index contributed by atoms with van der Waals surface area (Å²) in [5.74, 6) is 2.04. The van der Waals surface area contributed by atoms with Crippen molar-refractivity contribution in [2.75, 3.05) is 50.8 Å². The van der Waals surface area contributed by atoms with E-state index in [9.17, 15) is 23.3 Å². The van der Waals surface area contributed by atoms with E-state index in [0.717, 1.165) is 6.07 Å². The molecule has 0 spiro atoms. The summed E-state index contributed by atoms with van der Waals surface area (Å²) in [6, 6.07) is 3.99. The van der Waals surface area contributed by atoms with Crippen LogP contribution in [0.15, 0.2) is 23.1 Å². The molecule has 30 heavy (non-hydrogen) atoms. The number of amides is 1. The molecule has 2 aliphatic rings. The van der Waals surface area contributed by atoms with E-state index < -0.39 is 14.9 Å². The van der Waals surface area contributed by atoms with Crippen LogP contribution in [0, 0.1) is 28.4 Å². The molecule has 0 atom stereocenters. The molecule has 2 aliphatic heterocycles. The lowest BCUT2D eigenvalue weighted by molar-refractivity contribution is -0.384. The van der Waals surface area contributed by atoms with Gasteiger partial charge in [-0.2, -0.15) is 4.31 Å². The maximum absolute atomic E-state index is 12.8. The SMILES string of the molecule is C#CCNC(=O)C1CCN(c2ccc(S(=O)(=O)N3CCOCC3)cc2[N+](=O)[O-])CC1. The summed E-state index contributed by atoms with van der Waals surface area (Å²) in [5.41, 5.74) is 0.0861. The van der Waals surface area contributed by atoms with E-state index in [-0.39, 0.29) is 42.0 Å². The van der Waals surface area contributed by atoms with Crippen LogP contribution in [0.4, 0.5) is 11.4 Å². The third kappa shape index (κ3) is 4.72. The number of anilines is 1. The van der Waals surface area contributed by atoms with Crippen LogP contribution >= 0.6 is 0 Å². The maximum Gasteiger partial charge on any atom is 0.293 e. The summed E-state index contributed by atoms with van der Waals surface area (Å²) in [5, 5.41) is 14.3. The first-order chi connectivity index (χ1) is 14.3. The number of nitro benzene ring substituents is 1. The number of nitro groups is 1. The van der Waals surface area contributed by atoms with Crippen molar-refractivity contribution in [3.63, 3.8) is 0 Å². The number of ether oxygens (including phenoxy) is 1. The maximum atomic E-state index is 12.8. The summed E-state index contributed by atoms with van der Waals surface area (Å²) in [6.45, 7) is 2.09. The highest BCUT2D eigenvalue weighted by Crippen LogP contribution is 2.34. The number of nitrogens with zero attached hydrogens (tertiary/aromatic N) is 3. The minimum Gasteiger partial charge on any atom is -0.379 e. The molecule has 0 unspecified atom stereocenters. The zero-order valence-corrected chi connectivity index (χ0v) is 17.3. The smallest absolute Gasteiger partial charge is 0.293 e. The summed E-state index contributed by atoms with van der Waals surface area (Å²) in [6.07, 6.45) is 6.21. The molecule has 0 saturated carbocycles. The molecule has 0 radical (unpaired) electrons. The van der Waals surface area contributed by atoms with Crippen LogP contribution in [0.3, 0.4) is 0 Å². The summed E-state index contributed by atoms with van der Waals surface area (Å²) in [4.78, 5) is 24.9. The van der Waals surface area contributed by atoms with E-state index in [0.29, 0.717) is 44.8 Å². The molecule has 10 nitrogen and oxygen atoms in total. The highest BCUT2D eigenvalue weighted by Gasteiger charge is 2.32. The van der Waals surface area contributed by atoms with Crippen molar-refractivity contribution in [3.05, 3.63) is 28.3 Å². The van der Waals surface area contributed by atoms with Crippen LogP contribution in [0.5, 0.6) is 0 Å². The second kappa shape index (κ2) is 9.42. The van der Waals surface area contributed by atoms with Crippen molar-refractivity contribution in [2.24, 2.45) is 5.92 Å². The van der Waals surface area contributed by atoms with Crippen LogP contribution in [-0.2, 0) is 19.6 Å². The van der Waals surface area contributed by atoms with E-state index in [4.69, 9.17) is 11.2 Å². The molecular formula is C19H24N4O6S. The number of carbonyl (C=O) groups is 1. The number of terminal acetylenes is 1. The van der Waals surface area contributed by atoms with Gasteiger partial charge in [-0.05, 0) is 25.0 Å². The first kappa shape index (κ1) is 22.0. The van der Waals surface area contributed by atoms with Crippen LogP contribution < -0.4 is 10.2 Å². The number of benzene rings is 1. The first-order valence-corrected chi connectivity index (χ1v) is 11.1. The lowest BCUT2D eigenvalue weighted by Crippen LogP contribution is -2.41. The molecule has 0 bridgehead atoms. The minimum atomic E-state index is -3.83. The average molecular weight is 436 g/mol. The van der Waals surface area contributed by atoms with Crippen LogP contribution in [0.1, 0.15) is 12.8 Å². The molecule has 0 aliphatic carbocycles. The van der Waals surface area contributed by atoms with Gasteiger partial charge in [0.05, 0.1) is 29.6 Å². The minimum absolute atomic E-state index is 0.108. The van der Waals surface area contributed by atoms with Crippen LogP contribution in [0.25, 0.3) is 0 Å². The topological polar surface area (TPSA) is 122 Å². The zero-order chi connectivity index (χ0) is 21.7. The highest BCUT2D eigenvalue weighted by atomic mass is 32.2. The molecule has 0 aromatic heterocycles. The van der Waals surface area contributed by atoms with Gasteiger partial charge in [-0.1, -0.05) is 5.92 Å². The Balaban J connectivity index is 1.78. The van der Waals surface area contributed by atoms with Crippen molar-refractivity contribution in [3.8, 4) is 12.3 Å². The van der Waals surface area contributed by atoms with E-state index in [1.807, 2.05) is 4.90 Å². The number of hydrogen-bond donors (Lipinski definition) is 1. The van der Waals surface area contributed by atoms with Crippen molar-refractivity contribution in [1.82, 2.24) is 9.62 Å². The summed E-state index contributed by atoms with van der Waals surface area (Å²) in [7, 11) is -3.83. The number of hydrogen-bond acceptors (Lipinski definition) is 7. The Kier molecular flexibility index (Phi) is 6.91. The van der Waals surface area contributed by atoms with Crippen molar-refractivity contribution in [1.29, 1.82) is 0 Å². The molecule has 2 saturated heterocycles. The quantitative estimate of drug-likeness (QED) is 0.393. The van der Waals surface area contributed by atoms with Gasteiger partial charge in [-0.15, -0.1) is 6.42 Å². The van der Waals surface area contributed by atoms with Crippen LogP contribution in [0.2, 0.25) is 0 Å². The molecule has 1 amide bonds. The normalized spacial score (nSPS) is 18.6. The Morgan fingerprint density at radius 1 is 1.27 bits per heavy atom. The van der Waals surface area contributed by atoms with Crippen molar-refractivity contribution in [2.45, 2.75) is 17.7 Å². The Morgan fingerprint density at radius 3 is 2.53 bits per heavy atom. The fourth-order valence-corrected chi connectivity index (χ4v) is 5.11. The predicted octanol–water partition coefficient (Wildman–Crippen LogP) is 0.582. The van der Waals surface area contributed by atoms with Crippen LogP contribution in [-0.4, -0.2) is 69.5 Å². The van der Waals surface area contributed by atoms with E-state index >= 15 is 0 Å². The number of nitrogens with one attached hydrogen (secondary N) is 1. The molecular weight excluding hydrogens is 412 g/mol. The lowest BCUT2D eigenvalue weighted by Gasteiger charge is -2.32. The largest absolute Gasteiger partial charge is 0.379 e. The van der Waals surface area contributed by atoms with Gasteiger partial charge >= 0.3 is 0 Å². The lowest BCUT2D eigenvalue weighted by atomic mass is 9.95. The Morgan fingerprint density at radius 2 is 1.93 bits per heavy atom. The number of sulfonamides is 1. The van der Waals surface area contributed by atoms with Gasteiger partial charge in [0.1, 0.15) is 5.69 Å². The third-order valence-electron chi connectivity index (χ3n) is 5.32. The fourth-order valence-electron chi connectivity index (χ4n) is 3.68.